The van der Waals surface area contributed by atoms with E-state index in [1.165, 1.54) is 18.2 Å². The Morgan fingerprint density at radius 3 is 2.53 bits per heavy atom. The third kappa shape index (κ3) is 4.29. The van der Waals surface area contributed by atoms with Gasteiger partial charge in [-0.1, -0.05) is 12.1 Å². The number of benzene rings is 1. The maximum Gasteiger partial charge on any atom is 0.401 e. The van der Waals surface area contributed by atoms with Crippen molar-refractivity contribution in [1.29, 1.82) is 0 Å². The van der Waals surface area contributed by atoms with Crippen LogP contribution in [-0.2, 0) is 0 Å². The fourth-order valence-electron chi connectivity index (χ4n) is 1.16. The van der Waals surface area contributed by atoms with Crippen molar-refractivity contribution in [2.75, 3.05) is 6.54 Å². The standard InChI is InChI=1S/C10H11F4N/c1-7(15-6-10(12,13)14)8-3-2-4-9(11)5-8/h2-5,7,15H,6H2,1H3/t7-/m0/s1. The number of alkyl halides is 3. The van der Waals surface area contributed by atoms with Gasteiger partial charge in [-0.2, -0.15) is 13.2 Å². The van der Waals surface area contributed by atoms with Crippen LogP contribution in [0.25, 0.3) is 0 Å². The molecule has 0 saturated carbocycles. The van der Waals surface area contributed by atoms with Gasteiger partial charge < -0.3 is 5.32 Å². The molecule has 0 fully saturated rings. The molecule has 1 N–H and O–H groups in total. The zero-order valence-corrected chi connectivity index (χ0v) is 8.11. The van der Waals surface area contributed by atoms with Gasteiger partial charge in [-0.25, -0.2) is 4.39 Å². The van der Waals surface area contributed by atoms with Gasteiger partial charge in [0.05, 0.1) is 6.54 Å². The zero-order chi connectivity index (χ0) is 11.5. The molecule has 0 aliphatic carbocycles. The highest BCUT2D eigenvalue weighted by Crippen LogP contribution is 2.17. The second-order valence-electron chi connectivity index (χ2n) is 3.27. The highest BCUT2D eigenvalue weighted by atomic mass is 19.4. The predicted molar refractivity (Wildman–Crippen MR) is 48.9 cm³/mol. The smallest absolute Gasteiger partial charge is 0.302 e. The van der Waals surface area contributed by atoms with E-state index in [0.717, 1.165) is 0 Å². The van der Waals surface area contributed by atoms with Gasteiger partial charge in [0.1, 0.15) is 5.82 Å². The number of hydrogen-bond donors (Lipinski definition) is 1. The Morgan fingerprint density at radius 2 is 2.00 bits per heavy atom. The molecular formula is C10H11F4N. The van der Waals surface area contributed by atoms with Crippen LogP contribution in [-0.4, -0.2) is 12.7 Å². The Bertz CT molecular complexity index is 321. The quantitative estimate of drug-likeness (QED) is 0.773. The Kier molecular flexibility index (Phi) is 3.68. The van der Waals surface area contributed by atoms with Gasteiger partial charge in [0.15, 0.2) is 0 Å². The molecule has 0 amide bonds. The summed E-state index contributed by atoms with van der Waals surface area (Å²) in [6, 6.07) is 4.99. The van der Waals surface area contributed by atoms with Crippen molar-refractivity contribution >= 4 is 0 Å². The maximum atomic E-state index is 12.8. The number of hydrogen-bond acceptors (Lipinski definition) is 1. The van der Waals surface area contributed by atoms with Gasteiger partial charge in [0.2, 0.25) is 0 Å². The molecule has 1 nitrogen and oxygen atoms in total. The van der Waals surface area contributed by atoms with Gasteiger partial charge in [0, 0.05) is 6.04 Å². The Hall–Kier alpha value is -1.10. The lowest BCUT2D eigenvalue weighted by Crippen LogP contribution is -2.30. The molecule has 0 heterocycles. The van der Waals surface area contributed by atoms with Crippen molar-refractivity contribution in [2.45, 2.75) is 19.1 Å². The minimum absolute atomic E-state index is 0.451. The van der Waals surface area contributed by atoms with Crippen molar-refractivity contribution in [2.24, 2.45) is 0 Å². The first-order valence-corrected chi connectivity index (χ1v) is 4.44. The molecule has 0 radical (unpaired) electrons. The molecule has 0 aromatic heterocycles. The van der Waals surface area contributed by atoms with E-state index < -0.39 is 24.6 Å². The lowest BCUT2D eigenvalue weighted by Gasteiger charge is -2.15. The van der Waals surface area contributed by atoms with E-state index >= 15 is 0 Å². The summed E-state index contributed by atoms with van der Waals surface area (Å²) in [6.45, 7) is 0.477. The molecular weight excluding hydrogens is 210 g/mol. The average molecular weight is 221 g/mol. The molecule has 0 unspecified atom stereocenters. The molecule has 0 spiro atoms. The largest absolute Gasteiger partial charge is 0.401 e. The second-order valence-corrected chi connectivity index (χ2v) is 3.27. The van der Waals surface area contributed by atoms with E-state index in [4.69, 9.17) is 0 Å². The Balaban J connectivity index is 2.58. The highest BCUT2D eigenvalue weighted by Gasteiger charge is 2.27. The third-order valence-electron chi connectivity index (χ3n) is 1.96. The van der Waals surface area contributed by atoms with E-state index in [2.05, 4.69) is 5.32 Å². The van der Waals surface area contributed by atoms with E-state index in [-0.39, 0.29) is 0 Å². The van der Waals surface area contributed by atoms with Gasteiger partial charge >= 0.3 is 6.18 Å². The molecule has 15 heavy (non-hydrogen) atoms. The summed E-state index contributed by atoms with van der Waals surface area (Å²) in [5, 5.41) is 2.27. The summed E-state index contributed by atoms with van der Waals surface area (Å²) in [5.74, 6) is -0.451. The van der Waals surface area contributed by atoms with Crippen LogP contribution in [0, 0.1) is 5.82 Å². The SMILES string of the molecule is C[C@H](NCC(F)(F)F)c1cccc(F)c1. The summed E-state index contributed by atoms with van der Waals surface area (Å²) in [7, 11) is 0. The Morgan fingerprint density at radius 1 is 1.33 bits per heavy atom. The molecule has 0 saturated heterocycles. The van der Waals surface area contributed by atoms with Crippen molar-refractivity contribution in [3.63, 3.8) is 0 Å². The van der Waals surface area contributed by atoms with Crippen molar-refractivity contribution in [3.05, 3.63) is 35.6 Å². The van der Waals surface area contributed by atoms with Crippen LogP contribution in [0.2, 0.25) is 0 Å². The molecule has 0 bridgehead atoms. The Labute approximate surface area is 85.1 Å². The second kappa shape index (κ2) is 4.61. The van der Waals surface area contributed by atoms with Crippen LogP contribution in [0.15, 0.2) is 24.3 Å². The average Bonchev–Trinajstić information content (AvgIpc) is 2.13. The monoisotopic (exact) mass is 221 g/mol. The van der Waals surface area contributed by atoms with Crippen LogP contribution < -0.4 is 5.32 Å². The highest BCUT2D eigenvalue weighted by molar-refractivity contribution is 5.19. The molecule has 1 atom stereocenters. The lowest BCUT2D eigenvalue weighted by atomic mass is 10.1. The first-order valence-electron chi connectivity index (χ1n) is 4.44. The van der Waals surface area contributed by atoms with Gasteiger partial charge in [-0.05, 0) is 24.6 Å². The van der Waals surface area contributed by atoms with Crippen molar-refractivity contribution in [1.82, 2.24) is 5.32 Å². The molecule has 84 valence electrons. The number of halogens is 4. The fourth-order valence-corrected chi connectivity index (χ4v) is 1.16. The summed E-state index contributed by atoms with van der Waals surface area (Å²) in [6.07, 6.45) is -4.25. The van der Waals surface area contributed by atoms with Crippen LogP contribution in [0.5, 0.6) is 0 Å². The van der Waals surface area contributed by atoms with Crippen molar-refractivity contribution < 1.29 is 17.6 Å². The molecule has 1 aromatic rings. The molecule has 0 aliphatic rings. The predicted octanol–water partition coefficient (Wildman–Crippen LogP) is 3.04. The van der Waals surface area contributed by atoms with Crippen LogP contribution in [0.4, 0.5) is 17.6 Å². The first-order chi connectivity index (χ1) is 6.88. The third-order valence-corrected chi connectivity index (χ3v) is 1.96. The zero-order valence-electron chi connectivity index (χ0n) is 8.11. The maximum absolute atomic E-state index is 12.8. The van der Waals surface area contributed by atoms with Gasteiger partial charge in [-0.15, -0.1) is 0 Å². The fraction of sp³-hybridized carbons (Fsp3) is 0.400. The summed E-state index contributed by atoms with van der Waals surface area (Å²) in [5.41, 5.74) is 0.499. The minimum Gasteiger partial charge on any atom is -0.302 e. The number of rotatable bonds is 3. The van der Waals surface area contributed by atoms with E-state index in [0.29, 0.717) is 5.56 Å². The number of nitrogens with one attached hydrogen (secondary N) is 1. The summed E-state index contributed by atoms with van der Waals surface area (Å²) >= 11 is 0. The van der Waals surface area contributed by atoms with E-state index in [9.17, 15) is 17.6 Å². The topological polar surface area (TPSA) is 12.0 Å². The van der Waals surface area contributed by atoms with E-state index in [1.54, 1.807) is 13.0 Å². The normalized spacial score (nSPS) is 13.9. The van der Waals surface area contributed by atoms with Gasteiger partial charge in [0.25, 0.3) is 0 Å². The van der Waals surface area contributed by atoms with Crippen LogP contribution >= 0.6 is 0 Å². The van der Waals surface area contributed by atoms with Crippen LogP contribution in [0.1, 0.15) is 18.5 Å². The van der Waals surface area contributed by atoms with Gasteiger partial charge in [-0.3, -0.25) is 0 Å². The molecule has 5 heteroatoms. The molecule has 1 aromatic carbocycles. The summed E-state index contributed by atoms with van der Waals surface area (Å²) < 4.78 is 48.4. The lowest BCUT2D eigenvalue weighted by molar-refractivity contribution is -0.126. The minimum atomic E-state index is -4.25. The molecule has 1 rings (SSSR count). The summed E-state index contributed by atoms with van der Waals surface area (Å²) in [4.78, 5) is 0. The van der Waals surface area contributed by atoms with Crippen molar-refractivity contribution in [3.8, 4) is 0 Å². The van der Waals surface area contributed by atoms with E-state index in [1.807, 2.05) is 0 Å². The molecule has 0 aliphatic heterocycles. The first kappa shape index (κ1) is 12.0. The van der Waals surface area contributed by atoms with Crippen LogP contribution in [0.3, 0.4) is 0 Å².